The Morgan fingerprint density at radius 3 is 2.62 bits per heavy atom. The summed E-state index contributed by atoms with van der Waals surface area (Å²) in [5.74, 6) is 0.725. The van der Waals surface area contributed by atoms with Crippen LogP contribution >= 0.6 is 0 Å². The summed E-state index contributed by atoms with van der Waals surface area (Å²) in [5, 5.41) is 10.3. The van der Waals surface area contributed by atoms with Crippen LogP contribution in [-0.2, 0) is 11.8 Å². The Hall–Kier alpha value is -3.81. The second kappa shape index (κ2) is 8.74. The van der Waals surface area contributed by atoms with Crippen molar-refractivity contribution in [1.29, 1.82) is 0 Å². The number of methoxy groups -OCH3 is 1. The highest BCUT2D eigenvalue weighted by Crippen LogP contribution is 2.41. The number of ether oxygens (including phenoxy) is 2. The van der Waals surface area contributed by atoms with E-state index in [9.17, 15) is 9.59 Å². The summed E-state index contributed by atoms with van der Waals surface area (Å²) in [6.45, 7) is 4.26. The molecule has 1 aromatic heterocycles. The molecule has 8 nitrogen and oxygen atoms in total. The molecule has 166 valence electrons. The van der Waals surface area contributed by atoms with Crippen molar-refractivity contribution < 1.29 is 19.1 Å². The number of carbonyl (C=O) groups is 2. The number of nitrogens with zero attached hydrogens (tertiary/aromatic N) is 2. The van der Waals surface area contributed by atoms with Crippen molar-refractivity contribution in [2.45, 2.75) is 25.8 Å². The first-order valence-electron chi connectivity index (χ1n) is 10.5. The van der Waals surface area contributed by atoms with Gasteiger partial charge in [-0.2, -0.15) is 5.10 Å². The van der Waals surface area contributed by atoms with Gasteiger partial charge in [-0.15, -0.1) is 0 Å². The van der Waals surface area contributed by atoms with E-state index in [0.29, 0.717) is 29.5 Å². The minimum atomic E-state index is -0.832. The quantitative estimate of drug-likeness (QED) is 0.622. The molecule has 4 rings (SSSR count). The summed E-state index contributed by atoms with van der Waals surface area (Å²) in [5.41, 5.74) is 2.94. The fourth-order valence-corrected chi connectivity index (χ4v) is 4.18. The maximum atomic E-state index is 13.2. The standard InChI is InChI=1S/C24H26N4O4/c1-5-32-18-13-16(11-12-17(18)31-4)20-19-14(2)27-28(3)22(19)26-24(30)21(20)25-23(29)15-9-7-6-8-10-15/h6-13,20-21H,5H2,1-4H3,(H,25,29)(H,26,30)/t20-,21+/m1/s1. The molecule has 8 heteroatoms. The Morgan fingerprint density at radius 1 is 1.19 bits per heavy atom. The van der Waals surface area contributed by atoms with Gasteiger partial charge in [0.25, 0.3) is 5.91 Å². The Morgan fingerprint density at radius 2 is 1.94 bits per heavy atom. The molecular formula is C24H26N4O4. The first kappa shape index (κ1) is 21.4. The summed E-state index contributed by atoms with van der Waals surface area (Å²) in [7, 11) is 3.36. The Balaban J connectivity index is 1.82. The zero-order valence-electron chi connectivity index (χ0n) is 18.5. The number of aromatic nitrogens is 2. The molecule has 0 unspecified atom stereocenters. The van der Waals surface area contributed by atoms with E-state index < -0.39 is 12.0 Å². The number of anilines is 1. The van der Waals surface area contributed by atoms with Gasteiger partial charge in [-0.05, 0) is 43.7 Å². The topological polar surface area (TPSA) is 94.5 Å². The number of benzene rings is 2. The van der Waals surface area contributed by atoms with Crippen LogP contribution < -0.4 is 20.1 Å². The maximum absolute atomic E-state index is 13.2. The van der Waals surface area contributed by atoms with E-state index >= 15 is 0 Å². The maximum Gasteiger partial charge on any atom is 0.251 e. The highest BCUT2D eigenvalue weighted by atomic mass is 16.5. The summed E-state index contributed by atoms with van der Waals surface area (Å²) in [6, 6.07) is 13.6. The van der Waals surface area contributed by atoms with Crippen molar-refractivity contribution in [3.8, 4) is 11.5 Å². The summed E-state index contributed by atoms with van der Waals surface area (Å²) in [4.78, 5) is 26.1. The molecule has 0 fully saturated rings. The number of fused-ring (bicyclic) bond motifs is 1. The van der Waals surface area contributed by atoms with Crippen LogP contribution in [0.1, 0.15) is 40.0 Å². The third-order valence-electron chi connectivity index (χ3n) is 5.61. The van der Waals surface area contributed by atoms with Gasteiger partial charge in [-0.3, -0.25) is 14.3 Å². The lowest BCUT2D eigenvalue weighted by Crippen LogP contribution is -2.50. The van der Waals surface area contributed by atoms with Crippen LogP contribution in [0, 0.1) is 6.92 Å². The van der Waals surface area contributed by atoms with E-state index in [-0.39, 0.29) is 11.8 Å². The smallest absolute Gasteiger partial charge is 0.251 e. The summed E-state index contributed by atoms with van der Waals surface area (Å²) in [6.07, 6.45) is 0. The van der Waals surface area contributed by atoms with E-state index in [2.05, 4.69) is 15.7 Å². The number of amides is 2. The lowest BCUT2D eigenvalue weighted by Gasteiger charge is -2.33. The van der Waals surface area contributed by atoms with Crippen molar-refractivity contribution >= 4 is 17.6 Å². The van der Waals surface area contributed by atoms with Crippen molar-refractivity contribution in [3.05, 3.63) is 70.9 Å². The van der Waals surface area contributed by atoms with Crippen molar-refractivity contribution in [2.75, 3.05) is 19.0 Å². The van der Waals surface area contributed by atoms with Crippen LogP contribution in [0.2, 0.25) is 0 Å². The molecule has 2 atom stereocenters. The second-order valence-electron chi connectivity index (χ2n) is 7.60. The fraction of sp³-hybridized carbons (Fsp3) is 0.292. The molecule has 3 aromatic rings. The van der Waals surface area contributed by atoms with E-state index in [1.54, 1.807) is 43.1 Å². The molecule has 2 aromatic carbocycles. The van der Waals surface area contributed by atoms with Gasteiger partial charge in [0.2, 0.25) is 5.91 Å². The first-order chi connectivity index (χ1) is 15.4. The highest BCUT2D eigenvalue weighted by molar-refractivity contribution is 6.03. The molecule has 2 N–H and O–H groups in total. The molecule has 1 aliphatic heterocycles. The zero-order chi connectivity index (χ0) is 22.8. The molecular weight excluding hydrogens is 408 g/mol. The third-order valence-corrected chi connectivity index (χ3v) is 5.61. The van der Waals surface area contributed by atoms with Crippen molar-refractivity contribution in [2.24, 2.45) is 7.05 Å². The number of nitrogens with one attached hydrogen (secondary N) is 2. The molecule has 0 saturated carbocycles. The SMILES string of the molecule is CCOc1cc([C@@H]2c3c(C)nn(C)c3NC(=O)[C@H]2NC(=O)c2ccccc2)ccc1OC. The van der Waals surface area contributed by atoms with Gasteiger partial charge in [-0.25, -0.2) is 0 Å². The Bertz CT molecular complexity index is 1160. The predicted octanol–water partition coefficient (Wildman–Crippen LogP) is 3.02. The number of hydrogen-bond donors (Lipinski definition) is 2. The average Bonchev–Trinajstić information content (AvgIpc) is 3.07. The van der Waals surface area contributed by atoms with Crippen LogP contribution in [0.15, 0.2) is 48.5 Å². The molecule has 0 saturated heterocycles. The highest BCUT2D eigenvalue weighted by Gasteiger charge is 2.41. The van der Waals surface area contributed by atoms with Crippen LogP contribution in [-0.4, -0.2) is 41.4 Å². The number of hydrogen-bond acceptors (Lipinski definition) is 5. The van der Waals surface area contributed by atoms with Crippen LogP contribution in [0.4, 0.5) is 5.82 Å². The van der Waals surface area contributed by atoms with Crippen molar-refractivity contribution in [1.82, 2.24) is 15.1 Å². The van der Waals surface area contributed by atoms with Gasteiger partial charge in [-0.1, -0.05) is 24.3 Å². The van der Waals surface area contributed by atoms with Crippen LogP contribution in [0.5, 0.6) is 11.5 Å². The molecule has 0 aliphatic carbocycles. The Labute approximate surface area is 186 Å². The lowest BCUT2D eigenvalue weighted by molar-refractivity contribution is -0.118. The second-order valence-corrected chi connectivity index (χ2v) is 7.60. The zero-order valence-corrected chi connectivity index (χ0v) is 18.5. The van der Waals surface area contributed by atoms with Crippen molar-refractivity contribution in [3.63, 3.8) is 0 Å². The number of rotatable bonds is 6. The molecule has 0 spiro atoms. The van der Waals surface area contributed by atoms with E-state index in [1.165, 1.54) is 0 Å². The minimum Gasteiger partial charge on any atom is -0.493 e. The van der Waals surface area contributed by atoms with Gasteiger partial charge < -0.3 is 20.1 Å². The number of carbonyl (C=O) groups excluding carboxylic acids is 2. The largest absolute Gasteiger partial charge is 0.493 e. The molecule has 2 heterocycles. The molecule has 0 radical (unpaired) electrons. The molecule has 32 heavy (non-hydrogen) atoms. The van der Waals surface area contributed by atoms with E-state index in [4.69, 9.17) is 9.47 Å². The van der Waals surface area contributed by atoms with Gasteiger partial charge in [0.1, 0.15) is 11.9 Å². The average molecular weight is 434 g/mol. The van der Waals surface area contributed by atoms with Crippen LogP contribution in [0.3, 0.4) is 0 Å². The first-order valence-corrected chi connectivity index (χ1v) is 10.5. The molecule has 1 aliphatic rings. The summed E-state index contributed by atoms with van der Waals surface area (Å²) >= 11 is 0. The summed E-state index contributed by atoms with van der Waals surface area (Å²) < 4.78 is 12.8. The molecule has 2 amide bonds. The number of aryl methyl sites for hydroxylation is 2. The fourth-order valence-electron chi connectivity index (χ4n) is 4.18. The monoisotopic (exact) mass is 434 g/mol. The van der Waals surface area contributed by atoms with Gasteiger partial charge in [0.15, 0.2) is 11.5 Å². The molecule has 0 bridgehead atoms. The normalized spacial score (nSPS) is 17.3. The van der Waals surface area contributed by atoms with E-state index in [1.807, 2.05) is 38.1 Å². The van der Waals surface area contributed by atoms with Crippen LogP contribution in [0.25, 0.3) is 0 Å². The predicted molar refractivity (Wildman–Crippen MR) is 120 cm³/mol. The lowest BCUT2D eigenvalue weighted by atomic mass is 9.81. The Kier molecular flexibility index (Phi) is 5.85. The van der Waals surface area contributed by atoms with Gasteiger partial charge in [0.05, 0.1) is 19.4 Å². The van der Waals surface area contributed by atoms with Gasteiger partial charge >= 0.3 is 0 Å². The van der Waals surface area contributed by atoms with Gasteiger partial charge in [0, 0.05) is 24.1 Å². The third kappa shape index (κ3) is 3.79. The van der Waals surface area contributed by atoms with E-state index in [0.717, 1.165) is 16.8 Å². The minimum absolute atomic E-state index is 0.302.